The highest BCUT2D eigenvalue weighted by molar-refractivity contribution is 6.30. The average Bonchev–Trinajstić information content (AvgIpc) is 2.78. The summed E-state index contributed by atoms with van der Waals surface area (Å²) in [4.78, 5) is 26.4. The van der Waals surface area contributed by atoms with E-state index >= 15 is 0 Å². The predicted molar refractivity (Wildman–Crippen MR) is 127 cm³/mol. The zero-order valence-corrected chi connectivity index (χ0v) is 18.4. The normalized spacial score (nSPS) is 11.5. The van der Waals surface area contributed by atoms with Gasteiger partial charge in [-0.05, 0) is 73.9 Å². The summed E-state index contributed by atoms with van der Waals surface area (Å²) >= 11 is 5.88. The number of carbonyl (C=O) groups excluding carboxylic acids is 2. The minimum absolute atomic E-state index is 0.0441. The van der Waals surface area contributed by atoms with Crippen molar-refractivity contribution in [3.63, 3.8) is 0 Å². The van der Waals surface area contributed by atoms with Crippen molar-refractivity contribution in [3.8, 4) is 0 Å². The highest BCUT2D eigenvalue weighted by atomic mass is 35.5. The van der Waals surface area contributed by atoms with E-state index in [0.29, 0.717) is 16.3 Å². The number of halogens is 1. The molecule has 31 heavy (non-hydrogen) atoms. The Hall–Kier alpha value is -3.31. The van der Waals surface area contributed by atoms with E-state index in [4.69, 9.17) is 11.6 Å². The summed E-state index contributed by atoms with van der Waals surface area (Å²) < 4.78 is 0. The second-order valence-electron chi connectivity index (χ2n) is 7.44. The van der Waals surface area contributed by atoms with Crippen LogP contribution in [0.1, 0.15) is 29.3 Å². The van der Waals surface area contributed by atoms with Crippen LogP contribution in [0.3, 0.4) is 0 Å². The van der Waals surface area contributed by atoms with Crippen molar-refractivity contribution in [2.45, 2.75) is 25.8 Å². The van der Waals surface area contributed by atoms with Gasteiger partial charge < -0.3 is 15.5 Å². The number of rotatable bonds is 7. The number of anilines is 2. The molecule has 0 radical (unpaired) electrons. The summed E-state index contributed by atoms with van der Waals surface area (Å²) in [5.41, 5.74) is 3.19. The minimum atomic E-state index is -0.251. The highest BCUT2D eigenvalue weighted by Gasteiger charge is 2.14. The van der Waals surface area contributed by atoms with Gasteiger partial charge in [0, 0.05) is 35.1 Å². The van der Waals surface area contributed by atoms with Gasteiger partial charge in [-0.25, -0.2) is 4.79 Å². The first-order chi connectivity index (χ1) is 14.9. The van der Waals surface area contributed by atoms with Crippen molar-refractivity contribution in [1.29, 1.82) is 0 Å². The van der Waals surface area contributed by atoms with Crippen molar-refractivity contribution < 1.29 is 9.59 Å². The Morgan fingerprint density at radius 1 is 0.935 bits per heavy atom. The van der Waals surface area contributed by atoms with Gasteiger partial charge in [0.05, 0.1) is 0 Å². The number of amides is 3. The fourth-order valence-corrected chi connectivity index (χ4v) is 3.29. The molecule has 6 heteroatoms. The topological polar surface area (TPSA) is 61.4 Å². The maximum Gasteiger partial charge on any atom is 0.319 e. The molecule has 0 saturated heterocycles. The molecule has 0 fully saturated rings. The Labute approximate surface area is 188 Å². The molecule has 0 aliphatic carbocycles. The molecular weight excluding hydrogens is 410 g/mol. The van der Waals surface area contributed by atoms with Gasteiger partial charge in [-0.15, -0.1) is 0 Å². The lowest BCUT2D eigenvalue weighted by molar-refractivity contribution is 0.0993. The average molecular weight is 436 g/mol. The van der Waals surface area contributed by atoms with E-state index in [1.165, 1.54) is 5.56 Å². The Morgan fingerprint density at radius 2 is 1.58 bits per heavy atom. The molecule has 0 spiro atoms. The third-order valence-corrected chi connectivity index (χ3v) is 5.25. The maximum atomic E-state index is 12.6. The second-order valence-corrected chi connectivity index (χ2v) is 7.88. The molecule has 3 aromatic carbocycles. The van der Waals surface area contributed by atoms with E-state index in [1.54, 1.807) is 60.5 Å². The third kappa shape index (κ3) is 6.59. The maximum absolute atomic E-state index is 12.6. The van der Waals surface area contributed by atoms with Gasteiger partial charge in [0.25, 0.3) is 5.91 Å². The molecule has 0 heterocycles. The van der Waals surface area contributed by atoms with Gasteiger partial charge in [0.15, 0.2) is 0 Å². The lowest BCUT2D eigenvalue weighted by Crippen LogP contribution is -2.36. The van der Waals surface area contributed by atoms with Gasteiger partial charge in [-0.3, -0.25) is 4.79 Å². The molecule has 0 bridgehead atoms. The van der Waals surface area contributed by atoms with Crippen LogP contribution in [0.5, 0.6) is 0 Å². The van der Waals surface area contributed by atoms with Crippen molar-refractivity contribution >= 4 is 34.9 Å². The van der Waals surface area contributed by atoms with Crippen LogP contribution in [-0.2, 0) is 6.42 Å². The number of nitrogens with zero attached hydrogens (tertiary/aromatic N) is 1. The molecule has 3 rings (SSSR count). The fraction of sp³-hybridized carbons (Fsp3) is 0.200. The first-order valence-electron chi connectivity index (χ1n) is 10.2. The van der Waals surface area contributed by atoms with Gasteiger partial charge in [-0.1, -0.05) is 41.9 Å². The highest BCUT2D eigenvalue weighted by Crippen LogP contribution is 2.20. The number of hydrogen-bond donors (Lipinski definition) is 2. The number of carbonyl (C=O) groups is 2. The van der Waals surface area contributed by atoms with Crippen LogP contribution in [0, 0.1) is 0 Å². The lowest BCUT2D eigenvalue weighted by atomic mass is 10.1. The summed E-state index contributed by atoms with van der Waals surface area (Å²) in [7, 11) is 1.71. The molecule has 0 aliphatic heterocycles. The fourth-order valence-electron chi connectivity index (χ4n) is 3.16. The van der Waals surface area contributed by atoms with Crippen LogP contribution in [0.15, 0.2) is 78.9 Å². The molecule has 0 aliphatic rings. The van der Waals surface area contributed by atoms with E-state index in [0.717, 1.165) is 18.5 Å². The molecule has 1 atom stereocenters. The predicted octanol–water partition coefficient (Wildman–Crippen LogP) is 5.76. The first-order valence-corrected chi connectivity index (χ1v) is 10.6. The summed E-state index contributed by atoms with van der Waals surface area (Å²) in [6.45, 7) is 1.99. The largest absolute Gasteiger partial charge is 0.335 e. The number of hydrogen-bond acceptors (Lipinski definition) is 2. The molecule has 160 valence electrons. The molecular formula is C25H26ClN3O2. The molecule has 2 N–H and O–H groups in total. The van der Waals surface area contributed by atoms with E-state index in [2.05, 4.69) is 22.8 Å². The van der Waals surface area contributed by atoms with Crippen LogP contribution in [0.4, 0.5) is 16.2 Å². The van der Waals surface area contributed by atoms with Crippen molar-refractivity contribution in [1.82, 2.24) is 5.32 Å². The molecule has 0 aromatic heterocycles. The molecule has 0 saturated carbocycles. The summed E-state index contributed by atoms with van der Waals surface area (Å²) in [6, 6.07) is 23.9. The van der Waals surface area contributed by atoms with Crippen LogP contribution in [0.2, 0.25) is 5.02 Å². The van der Waals surface area contributed by atoms with Crippen molar-refractivity contribution in [3.05, 3.63) is 95.0 Å². The lowest BCUT2D eigenvalue weighted by Gasteiger charge is -2.18. The van der Waals surface area contributed by atoms with Gasteiger partial charge in [0.2, 0.25) is 0 Å². The molecule has 1 unspecified atom stereocenters. The number of urea groups is 1. The zero-order valence-electron chi connectivity index (χ0n) is 17.6. The monoisotopic (exact) mass is 435 g/mol. The zero-order chi connectivity index (χ0) is 22.2. The minimum Gasteiger partial charge on any atom is -0.335 e. The van der Waals surface area contributed by atoms with E-state index < -0.39 is 0 Å². The third-order valence-electron chi connectivity index (χ3n) is 4.99. The molecule has 5 nitrogen and oxygen atoms in total. The number of nitrogens with one attached hydrogen (secondary N) is 2. The van der Waals surface area contributed by atoms with Gasteiger partial charge in [-0.2, -0.15) is 0 Å². The van der Waals surface area contributed by atoms with E-state index in [9.17, 15) is 9.59 Å². The first kappa shape index (κ1) is 22.4. The van der Waals surface area contributed by atoms with Crippen molar-refractivity contribution in [2.75, 3.05) is 17.3 Å². The molecule has 3 aromatic rings. The summed E-state index contributed by atoms with van der Waals surface area (Å²) in [5.74, 6) is -0.137. The summed E-state index contributed by atoms with van der Waals surface area (Å²) in [5, 5.41) is 6.38. The van der Waals surface area contributed by atoms with E-state index in [1.807, 2.05) is 25.1 Å². The Morgan fingerprint density at radius 3 is 2.23 bits per heavy atom. The van der Waals surface area contributed by atoms with Gasteiger partial charge in [0.1, 0.15) is 0 Å². The summed E-state index contributed by atoms with van der Waals surface area (Å²) in [6.07, 6.45) is 1.76. The Kier molecular flexibility index (Phi) is 7.68. The smallest absolute Gasteiger partial charge is 0.319 e. The number of benzene rings is 3. The van der Waals surface area contributed by atoms with E-state index in [-0.39, 0.29) is 18.0 Å². The SMILES string of the molecule is CC(CCc1ccccc1)NC(=O)Nc1ccc(N(C)C(=O)c2ccc(Cl)cc2)cc1. The van der Waals surface area contributed by atoms with Crippen molar-refractivity contribution in [2.24, 2.45) is 0 Å². The standard InChI is InChI=1S/C25H26ClN3O2/c1-18(8-9-19-6-4-3-5-7-19)27-25(31)28-22-14-16-23(17-15-22)29(2)24(30)20-10-12-21(26)13-11-20/h3-7,10-18H,8-9H2,1-2H3,(H2,27,28,31). The van der Waals surface area contributed by atoms with Crippen LogP contribution in [0.25, 0.3) is 0 Å². The van der Waals surface area contributed by atoms with Crippen LogP contribution < -0.4 is 15.5 Å². The quantitative estimate of drug-likeness (QED) is 0.495. The van der Waals surface area contributed by atoms with Gasteiger partial charge >= 0.3 is 6.03 Å². The van der Waals surface area contributed by atoms with Crippen LogP contribution >= 0.6 is 11.6 Å². The second kappa shape index (κ2) is 10.6. The Balaban J connectivity index is 1.50. The Bertz CT molecular complexity index is 1010. The van der Waals surface area contributed by atoms with Crippen LogP contribution in [-0.4, -0.2) is 25.0 Å². The molecule has 3 amide bonds. The number of aryl methyl sites for hydroxylation is 1.